The Morgan fingerprint density at radius 3 is 2.47 bits per heavy atom. The summed E-state index contributed by atoms with van der Waals surface area (Å²) >= 11 is 3.37. The number of benzene rings is 1. The molecule has 0 aliphatic heterocycles. The maximum Gasteiger partial charge on any atom is 0.253 e. The smallest absolute Gasteiger partial charge is 0.253 e. The summed E-state index contributed by atoms with van der Waals surface area (Å²) in [6.07, 6.45) is 1.41. The van der Waals surface area contributed by atoms with Crippen molar-refractivity contribution < 1.29 is 4.79 Å². The van der Waals surface area contributed by atoms with E-state index in [2.05, 4.69) is 26.2 Å². The average molecular weight is 321 g/mol. The summed E-state index contributed by atoms with van der Waals surface area (Å²) in [5.41, 5.74) is 1.22. The van der Waals surface area contributed by atoms with Gasteiger partial charge < -0.3 is 10.3 Å². The van der Waals surface area contributed by atoms with E-state index in [1.165, 1.54) is 18.3 Å². The highest BCUT2D eigenvalue weighted by Gasteiger charge is 2.11. The van der Waals surface area contributed by atoms with Crippen LogP contribution in [0.4, 0.5) is 0 Å². The number of carbonyl (C=O) groups excluding carboxylic acids is 1. The van der Waals surface area contributed by atoms with Gasteiger partial charge in [-0.05, 0) is 30.7 Å². The number of rotatable bonds is 3. The minimum Gasteiger partial charge on any atom is -0.345 e. The third kappa shape index (κ3) is 3.54. The molecule has 2 rings (SSSR count). The zero-order valence-electron chi connectivity index (χ0n) is 10.3. The van der Waals surface area contributed by atoms with Gasteiger partial charge in [-0.1, -0.05) is 28.1 Å². The van der Waals surface area contributed by atoms with Gasteiger partial charge in [0, 0.05) is 16.7 Å². The maximum absolute atomic E-state index is 12.0. The van der Waals surface area contributed by atoms with E-state index < -0.39 is 0 Å². The maximum atomic E-state index is 12.0. The number of nitrogens with one attached hydrogen (secondary N) is 2. The number of aromatic nitrogens is 1. The van der Waals surface area contributed by atoms with E-state index in [-0.39, 0.29) is 17.5 Å². The fourth-order valence-electron chi connectivity index (χ4n) is 1.67. The van der Waals surface area contributed by atoms with Crippen LogP contribution in [-0.4, -0.2) is 10.9 Å². The molecule has 0 aliphatic rings. The lowest BCUT2D eigenvalue weighted by Gasteiger charge is -2.14. The number of H-pyrrole nitrogens is 1. The molecule has 2 N–H and O–H groups in total. The number of aromatic amines is 1. The van der Waals surface area contributed by atoms with Crippen molar-refractivity contribution in [3.63, 3.8) is 0 Å². The van der Waals surface area contributed by atoms with Gasteiger partial charge in [-0.15, -0.1) is 0 Å². The highest BCUT2D eigenvalue weighted by Crippen LogP contribution is 2.16. The molecule has 1 aromatic heterocycles. The topological polar surface area (TPSA) is 62.0 Å². The minimum absolute atomic E-state index is 0.104. The van der Waals surface area contributed by atoms with Gasteiger partial charge in [-0.25, -0.2) is 0 Å². The zero-order chi connectivity index (χ0) is 13.8. The fourth-order valence-corrected chi connectivity index (χ4v) is 1.93. The summed E-state index contributed by atoms with van der Waals surface area (Å²) in [6, 6.07) is 10.5. The molecule has 1 amide bonds. The SMILES string of the molecule is C[C@@H](NC(=O)c1ccc(=O)[nH]c1)c1ccc(Br)cc1. The van der Waals surface area contributed by atoms with Gasteiger partial charge in [0.1, 0.15) is 0 Å². The standard InChI is InChI=1S/C14H13BrN2O2/c1-9(10-2-5-12(15)6-3-10)17-14(19)11-4-7-13(18)16-8-11/h2-9H,1H3,(H,16,18)(H,17,19)/t9-/m1/s1. The van der Waals surface area contributed by atoms with E-state index in [9.17, 15) is 9.59 Å². The largest absolute Gasteiger partial charge is 0.345 e. The molecule has 2 aromatic rings. The molecule has 1 aromatic carbocycles. The Bertz CT molecular complexity index is 614. The van der Waals surface area contributed by atoms with Gasteiger partial charge in [0.05, 0.1) is 11.6 Å². The highest BCUT2D eigenvalue weighted by molar-refractivity contribution is 9.10. The van der Waals surface area contributed by atoms with Crippen molar-refractivity contribution in [2.24, 2.45) is 0 Å². The van der Waals surface area contributed by atoms with Crippen molar-refractivity contribution in [2.75, 3.05) is 0 Å². The Morgan fingerprint density at radius 1 is 1.21 bits per heavy atom. The second-order valence-corrected chi connectivity index (χ2v) is 5.10. The molecule has 0 aliphatic carbocycles. The molecule has 5 heteroatoms. The normalized spacial score (nSPS) is 11.9. The molecule has 0 saturated heterocycles. The minimum atomic E-state index is -0.225. The van der Waals surface area contributed by atoms with Crippen molar-refractivity contribution in [1.82, 2.24) is 10.3 Å². The van der Waals surface area contributed by atoms with Crippen LogP contribution in [0.15, 0.2) is 51.9 Å². The van der Waals surface area contributed by atoms with Gasteiger partial charge in [0.25, 0.3) is 5.91 Å². The predicted molar refractivity (Wildman–Crippen MR) is 77.1 cm³/mol. The molecule has 19 heavy (non-hydrogen) atoms. The fraction of sp³-hybridized carbons (Fsp3) is 0.143. The summed E-state index contributed by atoms with van der Waals surface area (Å²) in [5, 5.41) is 2.88. The van der Waals surface area contributed by atoms with Gasteiger partial charge >= 0.3 is 0 Å². The Balaban J connectivity index is 2.08. The number of halogens is 1. The summed E-state index contributed by atoms with van der Waals surface area (Å²) in [4.78, 5) is 25.4. The summed E-state index contributed by atoms with van der Waals surface area (Å²) in [5.74, 6) is -0.216. The van der Waals surface area contributed by atoms with E-state index >= 15 is 0 Å². The third-order valence-electron chi connectivity index (χ3n) is 2.76. The molecule has 0 fully saturated rings. The molecule has 0 unspecified atom stereocenters. The monoisotopic (exact) mass is 320 g/mol. The van der Waals surface area contributed by atoms with Crippen LogP contribution in [0.1, 0.15) is 28.9 Å². The van der Waals surface area contributed by atoms with Crippen molar-refractivity contribution in [1.29, 1.82) is 0 Å². The van der Waals surface area contributed by atoms with Crippen molar-refractivity contribution in [2.45, 2.75) is 13.0 Å². The lowest BCUT2D eigenvalue weighted by molar-refractivity contribution is 0.0939. The highest BCUT2D eigenvalue weighted by atomic mass is 79.9. The van der Waals surface area contributed by atoms with Crippen molar-refractivity contribution in [3.05, 3.63) is 68.5 Å². The number of hydrogen-bond donors (Lipinski definition) is 2. The van der Waals surface area contributed by atoms with Crippen LogP contribution in [0.3, 0.4) is 0 Å². The Labute approximate surface area is 119 Å². The quantitative estimate of drug-likeness (QED) is 0.913. The molecule has 0 radical (unpaired) electrons. The van der Waals surface area contributed by atoms with Crippen LogP contribution in [0.5, 0.6) is 0 Å². The van der Waals surface area contributed by atoms with Crippen LogP contribution in [0.25, 0.3) is 0 Å². The Hall–Kier alpha value is -1.88. The zero-order valence-corrected chi connectivity index (χ0v) is 11.9. The second-order valence-electron chi connectivity index (χ2n) is 4.19. The first-order valence-electron chi connectivity index (χ1n) is 5.81. The predicted octanol–water partition coefficient (Wildman–Crippen LogP) is 2.63. The Morgan fingerprint density at radius 2 is 1.89 bits per heavy atom. The van der Waals surface area contributed by atoms with E-state index in [0.717, 1.165) is 10.0 Å². The van der Waals surface area contributed by atoms with Crippen LogP contribution in [0, 0.1) is 0 Å². The summed E-state index contributed by atoms with van der Waals surface area (Å²) in [7, 11) is 0. The number of carbonyl (C=O) groups is 1. The number of hydrogen-bond acceptors (Lipinski definition) is 2. The van der Waals surface area contributed by atoms with Crippen LogP contribution in [0.2, 0.25) is 0 Å². The summed E-state index contributed by atoms with van der Waals surface area (Å²) in [6.45, 7) is 1.91. The number of amides is 1. The van der Waals surface area contributed by atoms with Crippen LogP contribution in [-0.2, 0) is 0 Å². The molecule has 1 atom stereocenters. The molecule has 0 spiro atoms. The van der Waals surface area contributed by atoms with Crippen LogP contribution < -0.4 is 10.9 Å². The third-order valence-corrected chi connectivity index (χ3v) is 3.29. The summed E-state index contributed by atoms with van der Waals surface area (Å²) < 4.78 is 0.996. The molecule has 1 heterocycles. The lowest BCUT2D eigenvalue weighted by Crippen LogP contribution is -2.27. The lowest BCUT2D eigenvalue weighted by atomic mass is 10.1. The average Bonchev–Trinajstić information content (AvgIpc) is 2.40. The van der Waals surface area contributed by atoms with Crippen molar-refractivity contribution >= 4 is 21.8 Å². The van der Waals surface area contributed by atoms with Crippen LogP contribution >= 0.6 is 15.9 Å². The number of pyridine rings is 1. The first-order valence-corrected chi connectivity index (χ1v) is 6.60. The van der Waals surface area contributed by atoms with E-state index in [0.29, 0.717) is 5.56 Å². The molecule has 0 bridgehead atoms. The van der Waals surface area contributed by atoms with Gasteiger partial charge in [0.2, 0.25) is 5.56 Å². The van der Waals surface area contributed by atoms with Gasteiger partial charge in [0.15, 0.2) is 0 Å². The van der Waals surface area contributed by atoms with E-state index in [1.807, 2.05) is 31.2 Å². The molecular formula is C14H13BrN2O2. The first-order chi connectivity index (χ1) is 9.06. The molecule has 98 valence electrons. The van der Waals surface area contributed by atoms with E-state index in [1.54, 1.807) is 0 Å². The molecule has 0 saturated carbocycles. The molecule has 4 nitrogen and oxygen atoms in total. The first kappa shape index (κ1) is 13.5. The van der Waals surface area contributed by atoms with Gasteiger partial charge in [-0.3, -0.25) is 9.59 Å². The van der Waals surface area contributed by atoms with Gasteiger partial charge in [-0.2, -0.15) is 0 Å². The van der Waals surface area contributed by atoms with Crippen molar-refractivity contribution in [3.8, 4) is 0 Å². The second kappa shape index (κ2) is 5.84. The van der Waals surface area contributed by atoms with E-state index in [4.69, 9.17) is 0 Å². The molecular weight excluding hydrogens is 308 g/mol. The Kier molecular flexibility index (Phi) is 4.16.